The lowest BCUT2D eigenvalue weighted by molar-refractivity contribution is -0.135. The van der Waals surface area contributed by atoms with E-state index in [0.29, 0.717) is 31.7 Å². The van der Waals surface area contributed by atoms with Crippen LogP contribution in [0.15, 0.2) is 6.33 Å². The number of hydrogen-bond acceptors (Lipinski definition) is 4. The largest absolute Gasteiger partial charge is 0.389 e. The topological polar surface area (TPSA) is 78.7 Å². The summed E-state index contributed by atoms with van der Waals surface area (Å²) in [5.41, 5.74) is 1.42. The fourth-order valence-corrected chi connectivity index (χ4v) is 3.81. The molecule has 0 bridgehead atoms. The molecule has 7 heteroatoms. The van der Waals surface area contributed by atoms with Crippen molar-refractivity contribution in [2.45, 2.75) is 38.3 Å². The van der Waals surface area contributed by atoms with Crippen LogP contribution in [0, 0.1) is 5.92 Å². The molecule has 1 unspecified atom stereocenters. The molecule has 2 saturated heterocycles. The van der Waals surface area contributed by atoms with Crippen LogP contribution in [0.2, 0.25) is 0 Å². The highest BCUT2D eigenvalue weighted by molar-refractivity contribution is 5.94. The summed E-state index contributed by atoms with van der Waals surface area (Å²) in [7, 11) is 0. The first-order valence-corrected chi connectivity index (χ1v) is 8.43. The van der Waals surface area contributed by atoms with E-state index >= 15 is 0 Å². The number of rotatable bonds is 2. The number of fused-ring (bicyclic) bond motifs is 1. The minimum atomic E-state index is -0.403. The number of aliphatic hydroxyl groups is 1. The van der Waals surface area contributed by atoms with Gasteiger partial charge in [-0.25, -0.2) is 4.98 Å². The summed E-state index contributed by atoms with van der Waals surface area (Å²) in [6, 6.07) is 0. The number of carbonyl (C=O) groups excluding carboxylic acids is 2. The van der Waals surface area contributed by atoms with E-state index in [1.54, 1.807) is 11.2 Å². The first kappa shape index (κ1) is 14.7. The molecule has 2 fully saturated rings. The minimum absolute atomic E-state index is 0.00332. The normalized spacial score (nSPS) is 24.5. The van der Waals surface area contributed by atoms with Gasteiger partial charge in [0.15, 0.2) is 0 Å². The lowest BCUT2D eigenvalue weighted by Gasteiger charge is -2.35. The van der Waals surface area contributed by atoms with Gasteiger partial charge in [-0.1, -0.05) is 0 Å². The molecule has 2 amide bonds. The lowest BCUT2D eigenvalue weighted by Crippen LogP contribution is -2.53. The Hall–Kier alpha value is -1.89. The average molecular weight is 318 g/mol. The van der Waals surface area contributed by atoms with Crippen molar-refractivity contribution in [2.75, 3.05) is 26.2 Å². The second-order valence-electron chi connectivity index (χ2n) is 6.82. The third-order valence-electron chi connectivity index (χ3n) is 5.21. The number of aliphatic hydroxyl groups excluding tert-OH is 1. The Labute approximate surface area is 134 Å². The van der Waals surface area contributed by atoms with Crippen molar-refractivity contribution >= 4 is 11.8 Å². The summed E-state index contributed by atoms with van der Waals surface area (Å²) in [6.07, 6.45) is 4.98. The zero-order chi connectivity index (χ0) is 16.0. The molecule has 0 radical (unpaired) electrons. The predicted octanol–water partition coefficient (Wildman–Crippen LogP) is -0.115. The Morgan fingerprint density at radius 2 is 1.87 bits per heavy atom. The highest BCUT2D eigenvalue weighted by Gasteiger charge is 2.35. The van der Waals surface area contributed by atoms with Crippen LogP contribution in [-0.4, -0.2) is 68.6 Å². The van der Waals surface area contributed by atoms with Crippen LogP contribution in [0.1, 0.15) is 35.4 Å². The minimum Gasteiger partial charge on any atom is -0.389 e. The first-order chi connectivity index (χ1) is 11.1. The fourth-order valence-electron chi connectivity index (χ4n) is 3.81. The molecular weight excluding hydrogens is 296 g/mol. The Kier molecular flexibility index (Phi) is 3.60. The molecule has 3 aliphatic rings. The van der Waals surface area contributed by atoms with Gasteiger partial charge >= 0.3 is 0 Å². The number of amides is 2. The first-order valence-electron chi connectivity index (χ1n) is 8.43. The molecule has 0 aliphatic carbocycles. The standard InChI is InChI=1S/C16H22N4O3/c21-12-8-19(9-12)16(23)14-13-4-3-11(7-20(13)10-17-14)15(22)18-5-1-2-6-18/h10-12,21H,1-9H2. The van der Waals surface area contributed by atoms with Crippen LogP contribution in [0.4, 0.5) is 0 Å². The van der Waals surface area contributed by atoms with Gasteiger partial charge in [0, 0.05) is 32.7 Å². The molecule has 1 aromatic rings. The van der Waals surface area contributed by atoms with Gasteiger partial charge in [0.1, 0.15) is 5.69 Å². The third-order valence-corrected chi connectivity index (χ3v) is 5.21. The van der Waals surface area contributed by atoms with Gasteiger partial charge in [-0.15, -0.1) is 0 Å². The lowest BCUT2D eigenvalue weighted by atomic mass is 9.95. The van der Waals surface area contributed by atoms with Crippen LogP contribution >= 0.6 is 0 Å². The summed E-state index contributed by atoms with van der Waals surface area (Å²) in [5.74, 6) is 0.151. The maximum Gasteiger partial charge on any atom is 0.274 e. The molecule has 3 aliphatic heterocycles. The Morgan fingerprint density at radius 1 is 1.13 bits per heavy atom. The maximum absolute atomic E-state index is 12.5. The van der Waals surface area contributed by atoms with E-state index in [1.807, 2.05) is 9.47 Å². The van der Waals surface area contributed by atoms with Crippen molar-refractivity contribution in [3.8, 4) is 0 Å². The second kappa shape index (κ2) is 5.63. The fraction of sp³-hybridized carbons (Fsp3) is 0.688. The van der Waals surface area contributed by atoms with Gasteiger partial charge in [0.25, 0.3) is 5.91 Å². The van der Waals surface area contributed by atoms with Crippen LogP contribution in [-0.2, 0) is 17.8 Å². The van der Waals surface area contributed by atoms with Crippen LogP contribution < -0.4 is 0 Å². The van der Waals surface area contributed by atoms with E-state index < -0.39 is 6.10 Å². The van der Waals surface area contributed by atoms with Gasteiger partial charge in [-0.3, -0.25) is 9.59 Å². The van der Waals surface area contributed by atoms with Crippen molar-refractivity contribution in [2.24, 2.45) is 5.92 Å². The molecule has 4 heterocycles. The van der Waals surface area contributed by atoms with Gasteiger partial charge in [-0.2, -0.15) is 0 Å². The average Bonchev–Trinajstić information content (AvgIpc) is 3.19. The highest BCUT2D eigenvalue weighted by Crippen LogP contribution is 2.26. The highest BCUT2D eigenvalue weighted by atomic mass is 16.3. The molecular formula is C16H22N4O3. The SMILES string of the molecule is O=C(c1ncn2c1CCC(C(=O)N1CCCC1)C2)N1CC(O)C1. The maximum atomic E-state index is 12.5. The molecule has 7 nitrogen and oxygen atoms in total. The van der Waals surface area contributed by atoms with Crippen molar-refractivity contribution < 1.29 is 14.7 Å². The number of β-amino-alcohol motifs (C(OH)–C–C–N with tert-alkyl or cyclic N) is 1. The molecule has 0 spiro atoms. The zero-order valence-electron chi connectivity index (χ0n) is 13.1. The van der Waals surface area contributed by atoms with Crippen molar-refractivity contribution in [3.05, 3.63) is 17.7 Å². The summed E-state index contributed by atoms with van der Waals surface area (Å²) in [4.78, 5) is 32.8. The van der Waals surface area contributed by atoms with E-state index in [-0.39, 0.29) is 17.7 Å². The number of aromatic nitrogens is 2. The molecule has 124 valence electrons. The van der Waals surface area contributed by atoms with E-state index in [1.165, 1.54) is 0 Å². The molecule has 1 aromatic heterocycles. The molecule has 0 aromatic carbocycles. The monoisotopic (exact) mass is 318 g/mol. The predicted molar refractivity (Wildman–Crippen MR) is 81.8 cm³/mol. The van der Waals surface area contributed by atoms with Gasteiger partial charge in [0.2, 0.25) is 5.91 Å². The summed E-state index contributed by atoms with van der Waals surface area (Å²) < 4.78 is 1.96. The number of carbonyl (C=O) groups is 2. The van der Waals surface area contributed by atoms with Crippen LogP contribution in [0.25, 0.3) is 0 Å². The van der Waals surface area contributed by atoms with E-state index in [0.717, 1.165) is 38.0 Å². The second-order valence-corrected chi connectivity index (χ2v) is 6.82. The smallest absolute Gasteiger partial charge is 0.274 e. The molecule has 4 rings (SSSR count). The Bertz CT molecular complexity index is 629. The number of likely N-dealkylation sites (tertiary alicyclic amines) is 2. The molecule has 0 saturated carbocycles. The van der Waals surface area contributed by atoms with Crippen molar-refractivity contribution in [3.63, 3.8) is 0 Å². The third kappa shape index (κ3) is 2.52. The molecule has 1 atom stereocenters. The van der Waals surface area contributed by atoms with Crippen molar-refractivity contribution in [1.29, 1.82) is 0 Å². The van der Waals surface area contributed by atoms with Gasteiger partial charge in [0.05, 0.1) is 24.0 Å². The molecule has 1 N–H and O–H groups in total. The van der Waals surface area contributed by atoms with Gasteiger partial charge in [-0.05, 0) is 25.7 Å². The van der Waals surface area contributed by atoms with E-state index in [2.05, 4.69) is 4.98 Å². The zero-order valence-corrected chi connectivity index (χ0v) is 13.1. The quantitative estimate of drug-likeness (QED) is 0.825. The summed E-state index contributed by atoms with van der Waals surface area (Å²) in [6.45, 7) is 3.16. The summed E-state index contributed by atoms with van der Waals surface area (Å²) >= 11 is 0. The van der Waals surface area contributed by atoms with Gasteiger partial charge < -0.3 is 19.5 Å². The van der Waals surface area contributed by atoms with E-state index in [4.69, 9.17) is 0 Å². The van der Waals surface area contributed by atoms with E-state index in [9.17, 15) is 14.7 Å². The Morgan fingerprint density at radius 3 is 2.57 bits per heavy atom. The number of hydrogen-bond donors (Lipinski definition) is 1. The molecule has 23 heavy (non-hydrogen) atoms. The summed E-state index contributed by atoms with van der Waals surface area (Å²) in [5, 5.41) is 9.34. The van der Waals surface area contributed by atoms with Crippen LogP contribution in [0.3, 0.4) is 0 Å². The Balaban J connectivity index is 1.46. The number of imidazole rings is 1. The number of nitrogens with zero attached hydrogens (tertiary/aromatic N) is 4. The van der Waals surface area contributed by atoms with Crippen molar-refractivity contribution in [1.82, 2.24) is 19.4 Å². The van der Waals surface area contributed by atoms with Crippen LogP contribution in [0.5, 0.6) is 0 Å².